The van der Waals surface area contributed by atoms with Gasteiger partial charge in [-0.05, 0) is 47.7 Å². The molecule has 0 aliphatic carbocycles. The van der Waals surface area contributed by atoms with E-state index in [4.69, 9.17) is 5.26 Å². The molecule has 0 saturated heterocycles. The van der Waals surface area contributed by atoms with Crippen LogP contribution in [0.3, 0.4) is 0 Å². The molecule has 0 aliphatic rings. The van der Waals surface area contributed by atoms with Gasteiger partial charge in [0, 0.05) is 5.69 Å². The van der Waals surface area contributed by atoms with E-state index in [-0.39, 0.29) is 5.57 Å². The van der Waals surface area contributed by atoms with Gasteiger partial charge >= 0.3 is 0 Å². The average molecular weight is 329 g/mol. The van der Waals surface area contributed by atoms with Crippen molar-refractivity contribution in [1.82, 2.24) is 0 Å². The average Bonchev–Trinajstić information content (AvgIpc) is 2.66. The molecule has 0 atom stereocenters. The Hall–Kier alpha value is -3.37. The van der Waals surface area contributed by atoms with Crippen LogP contribution in [0.15, 0.2) is 48.0 Å². The van der Waals surface area contributed by atoms with Gasteiger partial charge in [0.2, 0.25) is 0 Å². The molecular weight excluding hydrogens is 310 g/mol. The Morgan fingerprint density at radius 1 is 1.04 bits per heavy atom. The minimum absolute atomic E-state index is 0.0256. The van der Waals surface area contributed by atoms with E-state index in [0.717, 1.165) is 29.7 Å². The molecule has 0 spiro atoms. The molecule has 0 bridgehead atoms. The molecule has 2 aromatic carbocycles. The van der Waals surface area contributed by atoms with Gasteiger partial charge in [0.15, 0.2) is 0 Å². The molecule has 0 aliphatic heterocycles. The van der Waals surface area contributed by atoms with Crippen molar-refractivity contribution in [3.05, 3.63) is 70.3 Å². The highest BCUT2D eigenvalue weighted by Crippen LogP contribution is 2.23. The molecule has 2 rings (SSSR count). The summed E-state index contributed by atoms with van der Waals surface area (Å²) in [5, 5.41) is 21.1. The largest absolute Gasteiger partial charge is 0.321 e. The van der Waals surface area contributed by atoms with Crippen LogP contribution in [0.5, 0.6) is 0 Å². The zero-order valence-electron chi connectivity index (χ0n) is 14.3. The number of amides is 1. The third-order valence-corrected chi connectivity index (χ3v) is 3.95. The summed E-state index contributed by atoms with van der Waals surface area (Å²) >= 11 is 0. The lowest BCUT2D eigenvalue weighted by Gasteiger charge is -2.14. The minimum atomic E-state index is -0.428. The maximum Gasteiger partial charge on any atom is 0.266 e. The maximum atomic E-state index is 12.6. The van der Waals surface area contributed by atoms with Crippen molar-refractivity contribution in [2.75, 3.05) is 5.32 Å². The van der Waals surface area contributed by atoms with E-state index >= 15 is 0 Å². The number of benzene rings is 2. The first-order chi connectivity index (χ1) is 12.1. The fourth-order valence-electron chi connectivity index (χ4n) is 2.55. The molecule has 0 radical (unpaired) electrons. The standard InChI is InChI=1S/C21H19N3O/c1-3-17-6-5-7-18(4-2)20(17)24-21(25)19(14-23)12-15-8-10-16(13-22)11-9-15/h5-12H,3-4H2,1-2H3,(H,24,25)/b19-12+. The number of nitriles is 2. The first kappa shape index (κ1) is 18.0. The molecule has 0 fully saturated rings. The van der Waals surface area contributed by atoms with Gasteiger partial charge in [0.05, 0.1) is 11.6 Å². The number of anilines is 1. The van der Waals surface area contributed by atoms with Gasteiger partial charge in [-0.2, -0.15) is 10.5 Å². The zero-order chi connectivity index (χ0) is 18.2. The highest BCUT2D eigenvalue weighted by atomic mass is 16.1. The molecule has 1 N–H and O–H groups in total. The Morgan fingerprint density at radius 3 is 2.12 bits per heavy atom. The predicted molar refractivity (Wildman–Crippen MR) is 98.6 cm³/mol. The number of para-hydroxylation sites is 1. The maximum absolute atomic E-state index is 12.6. The second-order valence-electron chi connectivity index (χ2n) is 5.52. The summed E-state index contributed by atoms with van der Waals surface area (Å²) in [6.45, 7) is 4.06. The molecule has 25 heavy (non-hydrogen) atoms. The lowest BCUT2D eigenvalue weighted by atomic mass is 10.0. The van der Waals surface area contributed by atoms with Crippen molar-refractivity contribution in [2.45, 2.75) is 26.7 Å². The Bertz CT molecular complexity index is 859. The van der Waals surface area contributed by atoms with Gasteiger partial charge in [-0.25, -0.2) is 0 Å². The first-order valence-corrected chi connectivity index (χ1v) is 8.17. The van der Waals surface area contributed by atoms with Gasteiger partial charge in [-0.3, -0.25) is 4.79 Å². The molecule has 0 saturated carbocycles. The molecule has 0 heterocycles. The fraction of sp³-hybridized carbons (Fsp3) is 0.190. The predicted octanol–water partition coefficient (Wildman–Crippen LogP) is 4.23. The van der Waals surface area contributed by atoms with E-state index in [2.05, 4.69) is 5.32 Å². The number of carbonyl (C=O) groups is 1. The number of hydrogen-bond acceptors (Lipinski definition) is 3. The monoisotopic (exact) mass is 329 g/mol. The smallest absolute Gasteiger partial charge is 0.266 e. The molecule has 1 amide bonds. The molecule has 2 aromatic rings. The van der Waals surface area contributed by atoms with Gasteiger partial charge in [0.1, 0.15) is 11.6 Å². The van der Waals surface area contributed by atoms with Crippen LogP contribution in [0, 0.1) is 22.7 Å². The Balaban J connectivity index is 2.31. The van der Waals surface area contributed by atoms with Gasteiger partial charge in [0.25, 0.3) is 5.91 Å². The molecule has 124 valence electrons. The van der Waals surface area contributed by atoms with Crippen molar-refractivity contribution in [2.24, 2.45) is 0 Å². The number of hydrogen-bond donors (Lipinski definition) is 1. The van der Waals surface area contributed by atoms with Gasteiger partial charge in [-0.15, -0.1) is 0 Å². The summed E-state index contributed by atoms with van der Waals surface area (Å²) < 4.78 is 0. The minimum Gasteiger partial charge on any atom is -0.321 e. The topological polar surface area (TPSA) is 76.7 Å². The first-order valence-electron chi connectivity index (χ1n) is 8.17. The van der Waals surface area contributed by atoms with Crippen molar-refractivity contribution < 1.29 is 4.79 Å². The number of carbonyl (C=O) groups excluding carboxylic acids is 1. The zero-order valence-corrected chi connectivity index (χ0v) is 14.3. The number of rotatable bonds is 5. The third-order valence-electron chi connectivity index (χ3n) is 3.95. The quantitative estimate of drug-likeness (QED) is 0.659. The van der Waals surface area contributed by atoms with Crippen molar-refractivity contribution >= 4 is 17.7 Å². The normalized spacial score (nSPS) is 10.6. The summed E-state index contributed by atoms with van der Waals surface area (Å²) in [7, 11) is 0. The third kappa shape index (κ3) is 4.34. The molecule has 0 aromatic heterocycles. The van der Waals surface area contributed by atoms with E-state index < -0.39 is 5.91 Å². The van der Waals surface area contributed by atoms with Crippen LogP contribution in [0.4, 0.5) is 5.69 Å². The van der Waals surface area contributed by atoms with Crippen molar-refractivity contribution in [3.8, 4) is 12.1 Å². The Labute approximate surface area is 148 Å². The molecular formula is C21H19N3O. The van der Waals surface area contributed by atoms with Crippen LogP contribution in [0.25, 0.3) is 6.08 Å². The van der Waals surface area contributed by atoms with Crippen LogP contribution in [0.1, 0.15) is 36.1 Å². The van der Waals surface area contributed by atoms with E-state index in [1.54, 1.807) is 24.3 Å². The number of nitrogens with zero attached hydrogens (tertiary/aromatic N) is 2. The summed E-state index contributed by atoms with van der Waals surface area (Å²) in [5.41, 5.74) is 4.14. The lowest BCUT2D eigenvalue weighted by Crippen LogP contribution is -2.16. The summed E-state index contributed by atoms with van der Waals surface area (Å²) in [5.74, 6) is -0.428. The van der Waals surface area contributed by atoms with Crippen LogP contribution < -0.4 is 5.32 Å². The fourth-order valence-corrected chi connectivity index (χ4v) is 2.55. The number of aryl methyl sites for hydroxylation is 2. The Morgan fingerprint density at radius 2 is 1.64 bits per heavy atom. The van der Waals surface area contributed by atoms with Crippen molar-refractivity contribution in [1.29, 1.82) is 10.5 Å². The van der Waals surface area contributed by atoms with Gasteiger partial charge < -0.3 is 5.32 Å². The summed E-state index contributed by atoms with van der Waals surface area (Å²) in [4.78, 5) is 12.6. The van der Waals surface area contributed by atoms with Crippen LogP contribution in [-0.4, -0.2) is 5.91 Å². The molecule has 4 heteroatoms. The lowest BCUT2D eigenvalue weighted by molar-refractivity contribution is -0.112. The second kappa shape index (κ2) is 8.47. The molecule has 4 nitrogen and oxygen atoms in total. The highest BCUT2D eigenvalue weighted by Gasteiger charge is 2.14. The van der Waals surface area contributed by atoms with Gasteiger partial charge in [-0.1, -0.05) is 44.2 Å². The Kier molecular flexibility index (Phi) is 6.09. The van der Waals surface area contributed by atoms with E-state index in [1.165, 1.54) is 6.08 Å². The van der Waals surface area contributed by atoms with Crippen LogP contribution in [-0.2, 0) is 17.6 Å². The van der Waals surface area contributed by atoms with Crippen LogP contribution >= 0.6 is 0 Å². The van der Waals surface area contributed by atoms with E-state index in [0.29, 0.717) is 11.1 Å². The van der Waals surface area contributed by atoms with E-state index in [9.17, 15) is 10.1 Å². The molecule has 0 unspecified atom stereocenters. The highest BCUT2D eigenvalue weighted by molar-refractivity contribution is 6.10. The van der Waals surface area contributed by atoms with Crippen molar-refractivity contribution in [3.63, 3.8) is 0 Å². The van der Waals surface area contributed by atoms with E-state index in [1.807, 2.05) is 44.2 Å². The SMILES string of the molecule is CCc1cccc(CC)c1NC(=O)/C(C#N)=C/c1ccc(C#N)cc1. The second-order valence-corrected chi connectivity index (χ2v) is 5.52. The number of nitrogens with one attached hydrogen (secondary N) is 1. The summed E-state index contributed by atoms with van der Waals surface area (Å²) in [6, 6.07) is 16.7. The van der Waals surface area contributed by atoms with Crippen LogP contribution in [0.2, 0.25) is 0 Å². The summed E-state index contributed by atoms with van der Waals surface area (Å²) in [6.07, 6.45) is 3.12.